The fourth-order valence-electron chi connectivity index (χ4n) is 2.34. The molecule has 5 heteroatoms. The van der Waals surface area contributed by atoms with E-state index in [1.165, 1.54) is 0 Å². The van der Waals surface area contributed by atoms with E-state index in [4.69, 9.17) is 22.0 Å². The topological polar surface area (TPSA) is 64.3 Å². The molecule has 4 nitrogen and oxygen atoms in total. The van der Waals surface area contributed by atoms with Crippen molar-refractivity contribution in [3.63, 3.8) is 0 Å². The molecule has 1 N–H and O–H groups in total. The van der Waals surface area contributed by atoms with Gasteiger partial charge >= 0.3 is 5.97 Å². The van der Waals surface area contributed by atoms with Crippen molar-refractivity contribution >= 4 is 23.3 Å². The predicted molar refractivity (Wildman–Crippen MR) is 68.7 cm³/mol. The summed E-state index contributed by atoms with van der Waals surface area (Å²) in [6.07, 6.45) is 1.03. The number of nitrogens with zero attached hydrogens (tertiary/aromatic N) is 2. The lowest BCUT2D eigenvalue weighted by Crippen LogP contribution is -2.21. The quantitative estimate of drug-likeness (QED) is 0.911. The monoisotopic (exact) mass is 264 g/mol. The number of anilines is 1. The van der Waals surface area contributed by atoms with Gasteiger partial charge in [0.1, 0.15) is 6.07 Å². The summed E-state index contributed by atoms with van der Waals surface area (Å²) in [4.78, 5) is 12.7. The minimum absolute atomic E-state index is 0.157. The number of carboxylic acid groups (broad SMARTS) is 1. The summed E-state index contributed by atoms with van der Waals surface area (Å²) in [6.45, 7) is 1.47. The maximum Gasteiger partial charge on any atom is 0.303 e. The van der Waals surface area contributed by atoms with E-state index in [2.05, 4.69) is 11.0 Å². The van der Waals surface area contributed by atoms with Crippen LogP contribution in [0.5, 0.6) is 0 Å². The van der Waals surface area contributed by atoms with Gasteiger partial charge in [0, 0.05) is 24.5 Å². The van der Waals surface area contributed by atoms with Crippen LogP contribution in [0.25, 0.3) is 0 Å². The standard InChI is InChI=1S/C13H13ClN2O2/c14-11-1-2-12(10(6-11)7-15)16-4-3-9(8-16)5-13(17)18/h1-2,6,9H,3-5,8H2,(H,17,18). The second-order valence-corrected chi connectivity index (χ2v) is 4.91. The van der Waals surface area contributed by atoms with Gasteiger partial charge in [-0.3, -0.25) is 4.79 Å². The first-order valence-electron chi connectivity index (χ1n) is 5.76. The molecule has 1 aliphatic heterocycles. The normalized spacial score (nSPS) is 18.7. The average molecular weight is 265 g/mol. The second-order valence-electron chi connectivity index (χ2n) is 4.47. The number of rotatable bonds is 3. The molecule has 1 aliphatic rings. The smallest absolute Gasteiger partial charge is 0.303 e. The molecule has 0 spiro atoms. The van der Waals surface area contributed by atoms with Crippen molar-refractivity contribution in [3.8, 4) is 6.07 Å². The van der Waals surface area contributed by atoms with Gasteiger partial charge in [-0.1, -0.05) is 11.6 Å². The highest BCUT2D eigenvalue weighted by Gasteiger charge is 2.25. The average Bonchev–Trinajstić information content (AvgIpc) is 2.76. The van der Waals surface area contributed by atoms with Gasteiger partial charge in [0.25, 0.3) is 0 Å². The largest absolute Gasteiger partial charge is 0.481 e. The van der Waals surface area contributed by atoms with Gasteiger partial charge in [-0.05, 0) is 30.5 Å². The molecule has 0 saturated carbocycles. The maximum absolute atomic E-state index is 10.7. The molecular weight excluding hydrogens is 252 g/mol. The van der Waals surface area contributed by atoms with Crippen LogP contribution >= 0.6 is 11.6 Å². The Morgan fingerprint density at radius 3 is 3.06 bits per heavy atom. The van der Waals surface area contributed by atoms with Crippen molar-refractivity contribution in [1.29, 1.82) is 5.26 Å². The molecule has 18 heavy (non-hydrogen) atoms. The molecule has 0 amide bonds. The first-order valence-corrected chi connectivity index (χ1v) is 6.14. The molecule has 0 bridgehead atoms. The van der Waals surface area contributed by atoms with Crippen LogP contribution in [0.4, 0.5) is 5.69 Å². The zero-order valence-corrected chi connectivity index (χ0v) is 10.5. The predicted octanol–water partition coefficient (Wildman–Crippen LogP) is 2.51. The van der Waals surface area contributed by atoms with E-state index in [0.29, 0.717) is 17.1 Å². The van der Waals surface area contributed by atoms with Crippen molar-refractivity contribution in [2.24, 2.45) is 5.92 Å². The third-order valence-corrected chi connectivity index (χ3v) is 3.40. The highest BCUT2D eigenvalue weighted by atomic mass is 35.5. The second kappa shape index (κ2) is 5.28. The van der Waals surface area contributed by atoms with E-state index in [1.807, 2.05) is 6.07 Å². The van der Waals surface area contributed by atoms with Crippen molar-refractivity contribution in [1.82, 2.24) is 0 Å². The van der Waals surface area contributed by atoms with Crippen LogP contribution in [-0.2, 0) is 4.79 Å². The van der Waals surface area contributed by atoms with Gasteiger partial charge in [0.15, 0.2) is 0 Å². The van der Waals surface area contributed by atoms with E-state index in [1.54, 1.807) is 12.1 Å². The summed E-state index contributed by atoms with van der Waals surface area (Å²) in [7, 11) is 0. The number of nitriles is 1. The van der Waals surface area contributed by atoms with Crippen molar-refractivity contribution in [2.75, 3.05) is 18.0 Å². The van der Waals surface area contributed by atoms with E-state index in [0.717, 1.165) is 18.7 Å². The minimum Gasteiger partial charge on any atom is -0.481 e. The van der Waals surface area contributed by atoms with Gasteiger partial charge in [0.05, 0.1) is 11.3 Å². The molecule has 1 fully saturated rings. The number of hydrogen-bond acceptors (Lipinski definition) is 3. The van der Waals surface area contributed by atoms with Crippen LogP contribution in [-0.4, -0.2) is 24.2 Å². The van der Waals surface area contributed by atoms with E-state index in [-0.39, 0.29) is 12.3 Å². The molecule has 2 rings (SSSR count). The van der Waals surface area contributed by atoms with Gasteiger partial charge in [0.2, 0.25) is 0 Å². The lowest BCUT2D eigenvalue weighted by molar-refractivity contribution is -0.137. The summed E-state index contributed by atoms with van der Waals surface area (Å²) < 4.78 is 0. The van der Waals surface area contributed by atoms with Crippen LogP contribution in [0.2, 0.25) is 5.02 Å². The Hall–Kier alpha value is -1.73. The first kappa shape index (κ1) is 12.7. The number of carboxylic acids is 1. The Balaban J connectivity index is 2.14. The number of aliphatic carboxylic acids is 1. The van der Waals surface area contributed by atoms with Crippen molar-refractivity contribution in [2.45, 2.75) is 12.8 Å². The molecule has 94 valence electrons. The lowest BCUT2D eigenvalue weighted by Gasteiger charge is -2.19. The van der Waals surface area contributed by atoms with Gasteiger partial charge in [-0.15, -0.1) is 0 Å². The summed E-state index contributed by atoms with van der Waals surface area (Å²) in [5.74, 6) is -0.608. The summed E-state index contributed by atoms with van der Waals surface area (Å²) in [5.41, 5.74) is 1.38. The van der Waals surface area contributed by atoms with Gasteiger partial charge in [-0.2, -0.15) is 5.26 Å². The number of carbonyl (C=O) groups is 1. The molecule has 1 heterocycles. The molecule has 1 aromatic carbocycles. The maximum atomic E-state index is 10.7. The molecule has 1 unspecified atom stereocenters. The van der Waals surface area contributed by atoms with Gasteiger partial charge in [-0.25, -0.2) is 0 Å². The number of hydrogen-bond donors (Lipinski definition) is 1. The van der Waals surface area contributed by atoms with E-state index in [9.17, 15) is 4.79 Å². The van der Waals surface area contributed by atoms with Crippen LogP contribution in [0.1, 0.15) is 18.4 Å². The zero-order chi connectivity index (χ0) is 13.1. The van der Waals surface area contributed by atoms with Crippen LogP contribution in [0.15, 0.2) is 18.2 Å². The molecular formula is C13H13ClN2O2. The number of halogens is 1. The van der Waals surface area contributed by atoms with Crippen LogP contribution in [0, 0.1) is 17.2 Å². The molecule has 1 saturated heterocycles. The number of benzene rings is 1. The highest BCUT2D eigenvalue weighted by Crippen LogP contribution is 2.29. The Labute approximate surface area is 110 Å². The Kier molecular flexibility index (Phi) is 3.73. The van der Waals surface area contributed by atoms with Gasteiger partial charge < -0.3 is 10.0 Å². The van der Waals surface area contributed by atoms with E-state index >= 15 is 0 Å². The fourth-order valence-corrected chi connectivity index (χ4v) is 2.51. The zero-order valence-electron chi connectivity index (χ0n) is 9.77. The third kappa shape index (κ3) is 2.74. The molecule has 0 radical (unpaired) electrons. The molecule has 0 aliphatic carbocycles. The summed E-state index contributed by atoms with van der Waals surface area (Å²) in [6, 6.07) is 7.34. The third-order valence-electron chi connectivity index (χ3n) is 3.17. The molecule has 1 atom stereocenters. The van der Waals surface area contributed by atoms with Crippen LogP contribution < -0.4 is 4.90 Å². The molecule has 0 aromatic heterocycles. The Morgan fingerprint density at radius 2 is 2.39 bits per heavy atom. The highest BCUT2D eigenvalue weighted by molar-refractivity contribution is 6.30. The molecule has 1 aromatic rings. The fraction of sp³-hybridized carbons (Fsp3) is 0.385. The SMILES string of the molecule is N#Cc1cc(Cl)ccc1N1CCC(CC(=O)O)C1. The first-order chi connectivity index (χ1) is 8.60. The summed E-state index contributed by atoms with van der Waals surface area (Å²) in [5, 5.41) is 18.4. The Bertz CT molecular complexity index is 510. The van der Waals surface area contributed by atoms with Crippen LogP contribution in [0.3, 0.4) is 0 Å². The van der Waals surface area contributed by atoms with Crippen molar-refractivity contribution < 1.29 is 9.90 Å². The Morgan fingerprint density at radius 1 is 1.61 bits per heavy atom. The van der Waals surface area contributed by atoms with Crippen molar-refractivity contribution in [3.05, 3.63) is 28.8 Å². The van der Waals surface area contributed by atoms with E-state index < -0.39 is 5.97 Å². The minimum atomic E-state index is -0.765. The lowest BCUT2D eigenvalue weighted by atomic mass is 10.1. The summed E-state index contributed by atoms with van der Waals surface area (Å²) >= 11 is 5.85.